The molecule has 6 nitrogen and oxygen atoms in total. The van der Waals surface area contributed by atoms with E-state index in [-0.39, 0.29) is 11.8 Å². The maximum atomic E-state index is 13.2. The average molecular weight is 484 g/mol. The number of carbonyl (C=O) groups excluding carboxylic acids is 2. The summed E-state index contributed by atoms with van der Waals surface area (Å²) in [5, 5.41) is 10.6. The van der Waals surface area contributed by atoms with Gasteiger partial charge in [-0.25, -0.2) is 0 Å². The number of amides is 2. The van der Waals surface area contributed by atoms with Gasteiger partial charge in [-0.1, -0.05) is 45.2 Å². The van der Waals surface area contributed by atoms with E-state index in [0.29, 0.717) is 48.4 Å². The molecule has 2 aliphatic heterocycles. The van der Waals surface area contributed by atoms with Gasteiger partial charge in [0.25, 0.3) is 5.91 Å². The summed E-state index contributed by atoms with van der Waals surface area (Å²) in [6, 6.07) is 8.88. The average Bonchev–Trinajstić information content (AvgIpc) is 3.07. The van der Waals surface area contributed by atoms with E-state index >= 15 is 0 Å². The molecule has 2 heterocycles. The maximum Gasteiger partial charge on any atom is 0.251 e. The second-order valence-corrected chi connectivity index (χ2v) is 11.7. The molecule has 0 spiro atoms. The molecule has 2 amide bonds. The van der Waals surface area contributed by atoms with Gasteiger partial charge in [-0.15, -0.1) is 0 Å². The Morgan fingerprint density at radius 1 is 1.09 bits per heavy atom. The van der Waals surface area contributed by atoms with E-state index < -0.39 is 6.10 Å². The SMILES string of the molecule is CC(C)C[C@H](O)C(=O)N(CCN1C2CCC1CC(c1cccc(C(N)=O)c1)C2)CC1CCCCC1. The van der Waals surface area contributed by atoms with Crippen LogP contribution < -0.4 is 5.73 Å². The highest BCUT2D eigenvalue weighted by Gasteiger charge is 2.41. The molecule has 2 saturated heterocycles. The van der Waals surface area contributed by atoms with E-state index in [4.69, 9.17) is 5.73 Å². The smallest absolute Gasteiger partial charge is 0.251 e. The molecule has 3 aliphatic rings. The fourth-order valence-corrected chi connectivity index (χ4v) is 6.82. The van der Waals surface area contributed by atoms with Crippen LogP contribution in [0.5, 0.6) is 0 Å². The summed E-state index contributed by atoms with van der Waals surface area (Å²) in [4.78, 5) is 29.5. The molecule has 0 aromatic heterocycles. The Morgan fingerprint density at radius 2 is 1.77 bits per heavy atom. The molecule has 1 aromatic carbocycles. The molecular weight excluding hydrogens is 438 g/mol. The predicted molar refractivity (Wildman–Crippen MR) is 139 cm³/mol. The molecule has 1 saturated carbocycles. The highest BCUT2D eigenvalue weighted by atomic mass is 16.3. The van der Waals surface area contributed by atoms with Gasteiger partial charge in [0.1, 0.15) is 6.10 Å². The molecule has 1 aliphatic carbocycles. The Balaban J connectivity index is 1.39. The van der Waals surface area contributed by atoms with Gasteiger partial charge < -0.3 is 15.7 Å². The normalized spacial score (nSPS) is 26.1. The number of aliphatic hydroxyl groups is 1. The van der Waals surface area contributed by atoms with Gasteiger partial charge in [-0.2, -0.15) is 0 Å². The van der Waals surface area contributed by atoms with Crippen LogP contribution in [0.2, 0.25) is 0 Å². The topological polar surface area (TPSA) is 86.9 Å². The van der Waals surface area contributed by atoms with Crippen LogP contribution in [0, 0.1) is 11.8 Å². The van der Waals surface area contributed by atoms with Gasteiger partial charge in [-0.3, -0.25) is 14.5 Å². The molecule has 4 rings (SSSR count). The summed E-state index contributed by atoms with van der Waals surface area (Å²) in [7, 11) is 0. The number of hydrogen-bond donors (Lipinski definition) is 2. The lowest BCUT2D eigenvalue weighted by Gasteiger charge is -2.41. The van der Waals surface area contributed by atoms with Gasteiger partial charge in [-0.05, 0) is 80.4 Å². The summed E-state index contributed by atoms with van der Waals surface area (Å²) < 4.78 is 0. The lowest BCUT2D eigenvalue weighted by atomic mass is 9.84. The van der Waals surface area contributed by atoms with E-state index in [2.05, 4.69) is 24.8 Å². The third-order valence-electron chi connectivity index (χ3n) is 8.65. The molecule has 2 bridgehead atoms. The highest BCUT2D eigenvalue weighted by molar-refractivity contribution is 5.92. The molecule has 2 unspecified atom stereocenters. The van der Waals surface area contributed by atoms with Crippen LogP contribution in [0.15, 0.2) is 24.3 Å². The summed E-state index contributed by atoms with van der Waals surface area (Å²) in [6.07, 6.45) is 10.4. The Morgan fingerprint density at radius 3 is 2.40 bits per heavy atom. The van der Waals surface area contributed by atoms with Crippen molar-refractivity contribution < 1.29 is 14.7 Å². The monoisotopic (exact) mass is 483 g/mol. The van der Waals surface area contributed by atoms with Crippen molar-refractivity contribution >= 4 is 11.8 Å². The number of primary amides is 1. The number of benzene rings is 1. The molecule has 1 aromatic rings. The molecule has 194 valence electrons. The number of rotatable bonds is 10. The van der Waals surface area contributed by atoms with E-state index in [1.807, 2.05) is 17.0 Å². The number of nitrogens with zero attached hydrogens (tertiary/aromatic N) is 2. The molecule has 3 N–H and O–H groups in total. The lowest BCUT2D eigenvalue weighted by molar-refractivity contribution is -0.142. The van der Waals surface area contributed by atoms with Crippen molar-refractivity contribution in [3.05, 3.63) is 35.4 Å². The summed E-state index contributed by atoms with van der Waals surface area (Å²) >= 11 is 0. The number of piperidine rings is 1. The van der Waals surface area contributed by atoms with Crippen molar-refractivity contribution in [1.82, 2.24) is 9.80 Å². The van der Waals surface area contributed by atoms with Crippen LogP contribution >= 0.6 is 0 Å². The lowest BCUT2D eigenvalue weighted by Crippen LogP contribution is -2.49. The minimum Gasteiger partial charge on any atom is -0.383 e. The van der Waals surface area contributed by atoms with Gasteiger partial charge >= 0.3 is 0 Å². The fourth-order valence-electron chi connectivity index (χ4n) is 6.82. The van der Waals surface area contributed by atoms with Crippen LogP contribution in [0.25, 0.3) is 0 Å². The zero-order valence-electron chi connectivity index (χ0n) is 21.7. The van der Waals surface area contributed by atoms with E-state index in [1.54, 1.807) is 6.07 Å². The largest absolute Gasteiger partial charge is 0.383 e. The van der Waals surface area contributed by atoms with Crippen molar-refractivity contribution in [3.8, 4) is 0 Å². The summed E-state index contributed by atoms with van der Waals surface area (Å²) in [5.41, 5.74) is 7.33. The Hall–Kier alpha value is -1.92. The second kappa shape index (κ2) is 11.9. The number of fused-ring (bicyclic) bond motifs is 2. The Labute approximate surface area is 211 Å². The van der Waals surface area contributed by atoms with Crippen molar-refractivity contribution in [2.75, 3.05) is 19.6 Å². The first kappa shape index (κ1) is 26.2. The van der Waals surface area contributed by atoms with Gasteiger partial charge in [0.2, 0.25) is 5.91 Å². The predicted octanol–water partition coefficient (Wildman–Crippen LogP) is 4.31. The molecule has 6 heteroatoms. The second-order valence-electron chi connectivity index (χ2n) is 11.7. The number of hydrogen-bond acceptors (Lipinski definition) is 4. The maximum absolute atomic E-state index is 13.2. The Kier molecular flexibility index (Phi) is 8.87. The van der Waals surface area contributed by atoms with Crippen LogP contribution in [-0.2, 0) is 4.79 Å². The Bertz CT molecular complexity index is 852. The molecule has 35 heavy (non-hydrogen) atoms. The number of carbonyl (C=O) groups is 2. The third kappa shape index (κ3) is 6.65. The first-order valence-corrected chi connectivity index (χ1v) is 13.9. The van der Waals surface area contributed by atoms with Gasteiger partial charge in [0.05, 0.1) is 0 Å². The van der Waals surface area contributed by atoms with Crippen molar-refractivity contribution in [2.45, 2.75) is 102 Å². The van der Waals surface area contributed by atoms with Crippen molar-refractivity contribution in [3.63, 3.8) is 0 Å². The summed E-state index contributed by atoms with van der Waals surface area (Å²) in [6.45, 7) is 6.50. The molecule has 0 radical (unpaired) electrons. The van der Waals surface area contributed by atoms with Crippen LogP contribution in [-0.4, -0.2) is 64.5 Å². The first-order valence-electron chi connectivity index (χ1n) is 13.9. The third-order valence-corrected chi connectivity index (χ3v) is 8.65. The number of nitrogens with two attached hydrogens (primary N) is 1. The quantitative estimate of drug-likeness (QED) is 0.519. The standard InChI is InChI=1S/C29H45N3O3/c1-20(2)15-27(33)29(35)31(19-21-7-4-3-5-8-21)13-14-32-25-11-12-26(32)18-24(17-25)22-9-6-10-23(16-22)28(30)34/h6,9-10,16,20-21,24-27,33H,3-5,7-8,11-15,17-19H2,1-2H3,(H2,30,34)/t24?,25?,26?,27-/m0/s1. The van der Waals surface area contributed by atoms with E-state index in [0.717, 1.165) is 25.9 Å². The minimum atomic E-state index is -0.890. The number of aliphatic hydroxyl groups excluding tert-OH is 1. The van der Waals surface area contributed by atoms with E-state index in [1.165, 1.54) is 50.5 Å². The highest BCUT2D eigenvalue weighted by Crippen LogP contribution is 2.43. The zero-order valence-corrected chi connectivity index (χ0v) is 21.7. The van der Waals surface area contributed by atoms with E-state index in [9.17, 15) is 14.7 Å². The molecule has 3 atom stereocenters. The van der Waals surface area contributed by atoms with Crippen LogP contribution in [0.1, 0.15) is 99.9 Å². The van der Waals surface area contributed by atoms with Crippen molar-refractivity contribution in [2.24, 2.45) is 17.6 Å². The van der Waals surface area contributed by atoms with Crippen LogP contribution in [0.4, 0.5) is 0 Å². The molecular formula is C29H45N3O3. The van der Waals surface area contributed by atoms with Crippen LogP contribution in [0.3, 0.4) is 0 Å². The summed E-state index contributed by atoms with van der Waals surface area (Å²) in [5.74, 6) is 0.882. The minimum absolute atomic E-state index is 0.0743. The first-order chi connectivity index (χ1) is 16.8. The molecule has 3 fully saturated rings. The van der Waals surface area contributed by atoms with Gasteiger partial charge in [0, 0.05) is 37.3 Å². The van der Waals surface area contributed by atoms with Crippen molar-refractivity contribution in [1.29, 1.82) is 0 Å². The fraction of sp³-hybridized carbons (Fsp3) is 0.724. The zero-order chi connectivity index (χ0) is 24.9. The van der Waals surface area contributed by atoms with Gasteiger partial charge in [0.15, 0.2) is 0 Å².